The topological polar surface area (TPSA) is 26.0 Å². The van der Waals surface area contributed by atoms with E-state index in [-0.39, 0.29) is 0 Å². The van der Waals surface area contributed by atoms with Crippen molar-refractivity contribution in [1.29, 1.82) is 0 Å². The first kappa shape index (κ1) is 8.70. The minimum atomic E-state index is 0.612. The summed E-state index contributed by atoms with van der Waals surface area (Å²) in [6, 6.07) is 8.20. The number of nitrogen functional groups attached to an aromatic ring is 1. The van der Waals surface area contributed by atoms with Crippen LogP contribution in [0.3, 0.4) is 0 Å². The van der Waals surface area contributed by atoms with E-state index in [1.807, 2.05) is 23.9 Å². The summed E-state index contributed by atoms with van der Waals surface area (Å²) in [5, 5.41) is 0.612. The zero-order valence-corrected chi connectivity index (χ0v) is 8.47. The van der Waals surface area contributed by atoms with Gasteiger partial charge in [-0.2, -0.15) is 0 Å². The van der Waals surface area contributed by atoms with E-state index in [0.29, 0.717) is 5.25 Å². The second-order valence-corrected chi connectivity index (χ2v) is 4.77. The molecule has 1 atom stereocenters. The molecule has 1 aromatic carbocycles. The maximum absolute atomic E-state index is 5.63. The molecule has 0 aliphatic carbocycles. The van der Waals surface area contributed by atoms with Crippen LogP contribution in [0.15, 0.2) is 35.2 Å². The summed E-state index contributed by atoms with van der Waals surface area (Å²) in [6.07, 6.45) is 3.45. The summed E-state index contributed by atoms with van der Waals surface area (Å²) >= 11 is 1.94. The van der Waals surface area contributed by atoms with Gasteiger partial charge in [-0.05, 0) is 35.9 Å². The molecule has 0 amide bonds. The van der Waals surface area contributed by atoms with Gasteiger partial charge in [0.25, 0.3) is 0 Å². The molecule has 2 N–H and O–H groups in total. The van der Waals surface area contributed by atoms with Crippen molar-refractivity contribution in [2.45, 2.75) is 18.6 Å². The molecule has 1 heterocycles. The standard InChI is InChI=1S/C11H13NS/c1-8-2-7-11(13-8)9-3-5-10(12)6-4-9/h2-6,11H,7,12H2,1H3. The maximum Gasteiger partial charge on any atom is 0.0375 e. The third-order valence-corrected chi connectivity index (χ3v) is 3.54. The highest BCUT2D eigenvalue weighted by molar-refractivity contribution is 8.03. The molecule has 1 aliphatic rings. The Morgan fingerprint density at radius 2 is 2.00 bits per heavy atom. The summed E-state index contributed by atoms with van der Waals surface area (Å²) in [4.78, 5) is 1.43. The number of allylic oxidation sites excluding steroid dienone is 2. The van der Waals surface area contributed by atoms with E-state index in [2.05, 4.69) is 25.1 Å². The van der Waals surface area contributed by atoms with E-state index >= 15 is 0 Å². The highest BCUT2D eigenvalue weighted by Gasteiger charge is 2.16. The monoisotopic (exact) mass is 191 g/mol. The fraction of sp³-hybridized carbons (Fsp3) is 0.273. The van der Waals surface area contributed by atoms with Crippen LogP contribution in [0.25, 0.3) is 0 Å². The van der Waals surface area contributed by atoms with Crippen LogP contribution in [-0.2, 0) is 0 Å². The Labute approximate surface area is 83.0 Å². The van der Waals surface area contributed by atoms with Crippen LogP contribution < -0.4 is 5.73 Å². The largest absolute Gasteiger partial charge is 0.399 e. The Bertz CT molecular complexity index is 326. The van der Waals surface area contributed by atoms with Gasteiger partial charge in [0, 0.05) is 10.9 Å². The molecular weight excluding hydrogens is 178 g/mol. The molecule has 0 saturated heterocycles. The van der Waals surface area contributed by atoms with Gasteiger partial charge in [-0.25, -0.2) is 0 Å². The normalized spacial score (nSPS) is 21.6. The van der Waals surface area contributed by atoms with Crippen molar-refractivity contribution >= 4 is 17.4 Å². The number of rotatable bonds is 1. The van der Waals surface area contributed by atoms with Crippen LogP contribution >= 0.6 is 11.8 Å². The lowest BCUT2D eigenvalue weighted by atomic mass is 10.1. The Kier molecular flexibility index (Phi) is 2.32. The molecule has 0 radical (unpaired) electrons. The highest BCUT2D eigenvalue weighted by atomic mass is 32.2. The molecule has 0 aromatic heterocycles. The van der Waals surface area contributed by atoms with Gasteiger partial charge in [-0.15, -0.1) is 11.8 Å². The highest BCUT2D eigenvalue weighted by Crippen LogP contribution is 2.43. The van der Waals surface area contributed by atoms with Crippen molar-refractivity contribution in [3.05, 3.63) is 40.8 Å². The Morgan fingerprint density at radius 3 is 2.54 bits per heavy atom. The molecule has 2 rings (SSSR count). The predicted molar refractivity (Wildman–Crippen MR) is 59.6 cm³/mol. The molecule has 68 valence electrons. The number of hydrogen-bond acceptors (Lipinski definition) is 2. The fourth-order valence-corrected chi connectivity index (χ4v) is 2.64. The van der Waals surface area contributed by atoms with Crippen LogP contribution in [0.4, 0.5) is 5.69 Å². The summed E-state index contributed by atoms with van der Waals surface area (Å²) in [7, 11) is 0. The zero-order valence-electron chi connectivity index (χ0n) is 7.66. The Hall–Kier alpha value is -0.890. The van der Waals surface area contributed by atoms with E-state index in [4.69, 9.17) is 5.73 Å². The van der Waals surface area contributed by atoms with Crippen molar-refractivity contribution in [2.24, 2.45) is 0 Å². The number of nitrogens with two attached hydrogens (primary N) is 1. The minimum Gasteiger partial charge on any atom is -0.399 e. The van der Waals surface area contributed by atoms with Gasteiger partial charge in [0.1, 0.15) is 0 Å². The third kappa shape index (κ3) is 1.89. The Morgan fingerprint density at radius 1 is 1.31 bits per heavy atom. The van der Waals surface area contributed by atoms with Crippen molar-refractivity contribution in [2.75, 3.05) is 5.73 Å². The van der Waals surface area contributed by atoms with E-state index in [1.165, 1.54) is 10.5 Å². The van der Waals surface area contributed by atoms with Crippen LogP contribution in [0.2, 0.25) is 0 Å². The molecule has 0 saturated carbocycles. The second-order valence-electron chi connectivity index (χ2n) is 3.32. The predicted octanol–water partition coefficient (Wildman–Crippen LogP) is 3.35. The van der Waals surface area contributed by atoms with Crippen molar-refractivity contribution < 1.29 is 0 Å². The van der Waals surface area contributed by atoms with Gasteiger partial charge in [0.05, 0.1) is 0 Å². The molecule has 1 aliphatic heterocycles. The number of benzene rings is 1. The van der Waals surface area contributed by atoms with Crippen LogP contribution in [0, 0.1) is 0 Å². The second kappa shape index (κ2) is 3.46. The van der Waals surface area contributed by atoms with Gasteiger partial charge in [0.15, 0.2) is 0 Å². The number of hydrogen-bond donors (Lipinski definition) is 1. The van der Waals surface area contributed by atoms with Crippen molar-refractivity contribution in [3.8, 4) is 0 Å². The van der Waals surface area contributed by atoms with Gasteiger partial charge in [-0.3, -0.25) is 0 Å². The molecular formula is C11H13NS. The smallest absolute Gasteiger partial charge is 0.0375 e. The first-order chi connectivity index (χ1) is 6.25. The SMILES string of the molecule is CC1=CCC(c2ccc(N)cc2)S1. The maximum atomic E-state index is 5.63. The quantitative estimate of drug-likeness (QED) is 0.689. The van der Waals surface area contributed by atoms with Gasteiger partial charge in [-0.1, -0.05) is 18.2 Å². The average molecular weight is 191 g/mol. The molecule has 0 spiro atoms. The molecule has 1 nitrogen and oxygen atoms in total. The van der Waals surface area contributed by atoms with E-state index < -0.39 is 0 Å². The lowest BCUT2D eigenvalue weighted by molar-refractivity contribution is 0.990. The first-order valence-corrected chi connectivity index (χ1v) is 5.32. The Balaban J connectivity index is 2.14. The van der Waals surface area contributed by atoms with E-state index in [1.54, 1.807) is 0 Å². The third-order valence-electron chi connectivity index (χ3n) is 2.26. The lowest BCUT2D eigenvalue weighted by Gasteiger charge is -2.09. The molecule has 0 fully saturated rings. The summed E-state index contributed by atoms with van der Waals surface area (Å²) in [5.74, 6) is 0. The lowest BCUT2D eigenvalue weighted by Crippen LogP contribution is -1.90. The van der Waals surface area contributed by atoms with Crippen molar-refractivity contribution in [1.82, 2.24) is 0 Å². The van der Waals surface area contributed by atoms with Gasteiger partial charge >= 0.3 is 0 Å². The molecule has 1 unspecified atom stereocenters. The van der Waals surface area contributed by atoms with Gasteiger partial charge in [0.2, 0.25) is 0 Å². The average Bonchev–Trinajstić information content (AvgIpc) is 2.53. The summed E-state index contributed by atoms with van der Waals surface area (Å²) < 4.78 is 0. The first-order valence-electron chi connectivity index (χ1n) is 4.44. The summed E-state index contributed by atoms with van der Waals surface area (Å²) in [6.45, 7) is 2.17. The fourth-order valence-electron chi connectivity index (χ4n) is 1.51. The minimum absolute atomic E-state index is 0.612. The molecule has 1 aromatic rings. The molecule has 13 heavy (non-hydrogen) atoms. The molecule has 2 heteroatoms. The zero-order chi connectivity index (χ0) is 9.26. The van der Waals surface area contributed by atoms with Crippen LogP contribution in [0.1, 0.15) is 24.2 Å². The van der Waals surface area contributed by atoms with Crippen molar-refractivity contribution in [3.63, 3.8) is 0 Å². The van der Waals surface area contributed by atoms with Gasteiger partial charge < -0.3 is 5.73 Å². The van der Waals surface area contributed by atoms with E-state index in [9.17, 15) is 0 Å². The summed E-state index contributed by atoms with van der Waals surface area (Å²) in [5.41, 5.74) is 7.86. The van der Waals surface area contributed by atoms with Crippen LogP contribution in [0.5, 0.6) is 0 Å². The number of thioether (sulfide) groups is 1. The molecule has 0 bridgehead atoms. The number of anilines is 1. The van der Waals surface area contributed by atoms with Crippen LogP contribution in [-0.4, -0.2) is 0 Å². The van der Waals surface area contributed by atoms with E-state index in [0.717, 1.165) is 12.1 Å².